The van der Waals surface area contributed by atoms with E-state index in [2.05, 4.69) is 31.2 Å². The number of nitrogens with zero attached hydrogens (tertiary/aromatic N) is 1. The van der Waals surface area contributed by atoms with Crippen molar-refractivity contribution in [3.8, 4) is 16.9 Å². The lowest BCUT2D eigenvalue weighted by atomic mass is 9.98. The minimum absolute atomic E-state index is 0.402. The molecule has 24 heavy (non-hydrogen) atoms. The number of hydrogen-bond acceptors (Lipinski definition) is 3. The summed E-state index contributed by atoms with van der Waals surface area (Å²) in [7, 11) is 3.59. The number of carbonyl (C=O) groups is 1. The molecular weight excluding hydrogens is 302 g/mol. The Hall–Kier alpha value is -2.33. The van der Waals surface area contributed by atoms with Gasteiger partial charge in [-0.3, -0.25) is 4.79 Å². The molecular formula is C20H25NO3. The fourth-order valence-corrected chi connectivity index (χ4v) is 2.87. The third-order valence-electron chi connectivity index (χ3n) is 4.18. The number of rotatable bonds is 7. The zero-order chi connectivity index (χ0) is 17.7. The summed E-state index contributed by atoms with van der Waals surface area (Å²) in [6, 6.07) is 14.4. The molecule has 1 unspecified atom stereocenters. The van der Waals surface area contributed by atoms with Crippen LogP contribution < -0.4 is 4.74 Å². The van der Waals surface area contributed by atoms with Gasteiger partial charge >= 0.3 is 5.97 Å². The quantitative estimate of drug-likeness (QED) is 0.840. The van der Waals surface area contributed by atoms with E-state index in [0.29, 0.717) is 13.1 Å². The standard InChI is InChI=1S/C20H25NO3/c1-14-7-5-6-8-18(14)16-9-10-19(24-4)17(11-16)13-21(3)12-15(2)20(22)23/h5-11,15H,12-13H2,1-4H3,(H,22,23). The number of aryl methyl sites for hydroxylation is 1. The van der Waals surface area contributed by atoms with Gasteiger partial charge in [-0.15, -0.1) is 0 Å². The first-order chi connectivity index (χ1) is 11.4. The van der Waals surface area contributed by atoms with E-state index in [-0.39, 0.29) is 0 Å². The maximum Gasteiger partial charge on any atom is 0.307 e. The highest BCUT2D eigenvalue weighted by molar-refractivity contribution is 5.70. The number of methoxy groups -OCH3 is 1. The Balaban J connectivity index is 2.27. The second kappa shape index (κ2) is 7.97. The number of aliphatic carboxylic acids is 1. The monoisotopic (exact) mass is 327 g/mol. The van der Waals surface area contributed by atoms with Crippen molar-refractivity contribution in [2.24, 2.45) is 5.92 Å². The molecule has 2 aromatic rings. The maximum absolute atomic E-state index is 11.0. The molecule has 0 fully saturated rings. The molecule has 0 saturated carbocycles. The van der Waals surface area contributed by atoms with Crippen molar-refractivity contribution < 1.29 is 14.6 Å². The number of benzene rings is 2. The number of hydrogen-bond donors (Lipinski definition) is 1. The highest BCUT2D eigenvalue weighted by Crippen LogP contribution is 2.29. The summed E-state index contributed by atoms with van der Waals surface area (Å²) in [5.41, 5.74) is 4.62. The average Bonchev–Trinajstić information content (AvgIpc) is 2.55. The minimum Gasteiger partial charge on any atom is -0.496 e. The van der Waals surface area contributed by atoms with Crippen molar-refractivity contribution in [2.75, 3.05) is 20.7 Å². The normalized spacial score (nSPS) is 12.2. The maximum atomic E-state index is 11.0. The third kappa shape index (κ3) is 4.36. The van der Waals surface area contributed by atoms with Crippen molar-refractivity contribution in [3.05, 3.63) is 53.6 Å². The minimum atomic E-state index is -0.775. The predicted molar refractivity (Wildman–Crippen MR) is 96.3 cm³/mol. The molecule has 2 rings (SSSR count). The first-order valence-electron chi connectivity index (χ1n) is 8.06. The second-order valence-corrected chi connectivity index (χ2v) is 6.28. The van der Waals surface area contributed by atoms with E-state index >= 15 is 0 Å². The zero-order valence-electron chi connectivity index (χ0n) is 14.7. The Kier molecular flexibility index (Phi) is 5.99. The van der Waals surface area contributed by atoms with E-state index in [1.54, 1.807) is 14.0 Å². The summed E-state index contributed by atoms with van der Waals surface area (Å²) in [6.45, 7) is 4.95. The molecule has 2 aromatic carbocycles. The SMILES string of the molecule is COc1ccc(-c2ccccc2C)cc1CN(C)CC(C)C(=O)O. The van der Waals surface area contributed by atoms with Crippen LogP contribution >= 0.6 is 0 Å². The molecule has 0 amide bonds. The van der Waals surface area contributed by atoms with Gasteiger partial charge in [0.15, 0.2) is 0 Å². The summed E-state index contributed by atoms with van der Waals surface area (Å²) >= 11 is 0. The topological polar surface area (TPSA) is 49.8 Å². The second-order valence-electron chi connectivity index (χ2n) is 6.28. The molecule has 0 aliphatic heterocycles. The molecule has 1 atom stereocenters. The average molecular weight is 327 g/mol. The van der Waals surface area contributed by atoms with Crippen molar-refractivity contribution in [3.63, 3.8) is 0 Å². The molecule has 0 heterocycles. The van der Waals surface area contributed by atoms with Crippen LogP contribution in [0.15, 0.2) is 42.5 Å². The van der Waals surface area contributed by atoms with Gasteiger partial charge in [-0.25, -0.2) is 0 Å². The third-order valence-corrected chi connectivity index (χ3v) is 4.18. The molecule has 4 heteroatoms. The fraction of sp³-hybridized carbons (Fsp3) is 0.350. The van der Waals surface area contributed by atoms with Crippen LogP contribution in [-0.2, 0) is 11.3 Å². The molecule has 0 aromatic heterocycles. The van der Waals surface area contributed by atoms with E-state index in [4.69, 9.17) is 9.84 Å². The van der Waals surface area contributed by atoms with Gasteiger partial charge in [0.25, 0.3) is 0 Å². The Bertz CT molecular complexity index is 712. The lowest BCUT2D eigenvalue weighted by molar-refractivity contribution is -0.141. The number of ether oxygens (including phenoxy) is 1. The molecule has 0 bridgehead atoms. The Morgan fingerprint density at radius 2 is 1.96 bits per heavy atom. The van der Waals surface area contributed by atoms with Crippen molar-refractivity contribution >= 4 is 5.97 Å². The molecule has 0 spiro atoms. The van der Waals surface area contributed by atoms with Crippen LogP contribution in [0.1, 0.15) is 18.1 Å². The predicted octanol–water partition coefficient (Wildman–Crippen LogP) is 3.82. The molecule has 1 N–H and O–H groups in total. The van der Waals surface area contributed by atoms with Crippen molar-refractivity contribution in [1.29, 1.82) is 0 Å². The van der Waals surface area contributed by atoms with Crippen molar-refractivity contribution in [2.45, 2.75) is 20.4 Å². The molecule has 0 radical (unpaired) electrons. The van der Waals surface area contributed by atoms with Crippen LogP contribution in [0.3, 0.4) is 0 Å². The molecule has 0 aliphatic rings. The summed E-state index contributed by atoms with van der Waals surface area (Å²) in [5.74, 6) is -0.356. The Morgan fingerprint density at radius 3 is 2.58 bits per heavy atom. The summed E-state index contributed by atoms with van der Waals surface area (Å²) in [4.78, 5) is 13.0. The van der Waals surface area contributed by atoms with E-state index in [1.165, 1.54) is 11.1 Å². The van der Waals surface area contributed by atoms with Gasteiger partial charge in [-0.05, 0) is 42.8 Å². The lowest BCUT2D eigenvalue weighted by Gasteiger charge is -2.21. The Labute approximate surface area is 143 Å². The Morgan fingerprint density at radius 1 is 1.25 bits per heavy atom. The lowest BCUT2D eigenvalue weighted by Crippen LogP contribution is -2.28. The van der Waals surface area contributed by atoms with Gasteiger partial charge in [0.2, 0.25) is 0 Å². The van der Waals surface area contributed by atoms with Crippen LogP contribution in [0.5, 0.6) is 5.75 Å². The number of carboxylic acids is 1. The first kappa shape index (κ1) is 18.0. The smallest absolute Gasteiger partial charge is 0.307 e. The first-order valence-corrected chi connectivity index (χ1v) is 8.06. The summed E-state index contributed by atoms with van der Waals surface area (Å²) in [5, 5.41) is 9.07. The van der Waals surface area contributed by atoms with Crippen LogP contribution in [0.4, 0.5) is 0 Å². The molecule has 0 aliphatic carbocycles. The van der Waals surface area contributed by atoms with Gasteiger partial charge in [-0.2, -0.15) is 0 Å². The van der Waals surface area contributed by atoms with Crippen LogP contribution in [-0.4, -0.2) is 36.7 Å². The van der Waals surface area contributed by atoms with Gasteiger partial charge in [0.05, 0.1) is 13.0 Å². The fourth-order valence-electron chi connectivity index (χ4n) is 2.87. The van der Waals surface area contributed by atoms with E-state index < -0.39 is 11.9 Å². The van der Waals surface area contributed by atoms with Gasteiger partial charge in [0.1, 0.15) is 5.75 Å². The van der Waals surface area contributed by atoms with E-state index in [9.17, 15) is 4.79 Å². The highest BCUT2D eigenvalue weighted by Gasteiger charge is 2.15. The number of carboxylic acid groups (broad SMARTS) is 1. The molecule has 0 saturated heterocycles. The van der Waals surface area contributed by atoms with Crippen molar-refractivity contribution in [1.82, 2.24) is 4.90 Å². The van der Waals surface area contributed by atoms with Gasteiger partial charge in [-0.1, -0.05) is 37.3 Å². The van der Waals surface area contributed by atoms with Crippen LogP contribution in [0.2, 0.25) is 0 Å². The molecule has 4 nitrogen and oxygen atoms in total. The van der Waals surface area contributed by atoms with E-state index in [1.807, 2.05) is 30.1 Å². The van der Waals surface area contributed by atoms with Crippen LogP contribution in [0, 0.1) is 12.8 Å². The van der Waals surface area contributed by atoms with Gasteiger partial charge < -0.3 is 14.7 Å². The zero-order valence-corrected chi connectivity index (χ0v) is 14.7. The largest absolute Gasteiger partial charge is 0.496 e. The molecule has 128 valence electrons. The van der Waals surface area contributed by atoms with E-state index in [0.717, 1.165) is 16.9 Å². The summed E-state index contributed by atoms with van der Waals surface area (Å²) < 4.78 is 5.48. The van der Waals surface area contributed by atoms with Gasteiger partial charge in [0, 0.05) is 18.7 Å². The summed E-state index contributed by atoms with van der Waals surface area (Å²) in [6.07, 6.45) is 0. The highest BCUT2D eigenvalue weighted by atomic mass is 16.5. The van der Waals surface area contributed by atoms with Crippen LogP contribution in [0.25, 0.3) is 11.1 Å².